The van der Waals surface area contributed by atoms with E-state index in [1.54, 1.807) is 0 Å². The molecule has 20 heavy (non-hydrogen) atoms. The lowest BCUT2D eigenvalue weighted by molar-refractivity contribution is -0.0957. The van der Waals surface area contributed by atoms with Crippen molar-refractivity contribution in [1.29, 1.82) is 0 Å². The molecule has 0 bridgehead atoms. The molecular formula is C15H19N3O2. The van der Waals surface area contributed by atoms with Gasteiger partial charge in [-0.25, -0.2) is 0 Å². The molecule has 2 unspecified atom stereocenters. The van der Waals surface area contributed by atoms with Gasteiger partial charge in [0, 0.05) is 37.1 Å². The molecule has 106 valence electrons. The van der Waals surface area contributed by atoms with Crippen molar-refractivity contribution >= 4 is 16.6 Å². The number of hydrogen-bond donors (Lipinski definition) is 1. The first kappa shape index (κ1) is 12.2. The number of rotatable bonds is 1. The second-order valence-electron chi connectivity index (χ2n) is 5.89. The molecule has 2 fully saturated rings. The monoisotopic (exact) mass is 273 g/mol. The lowest BCUT2D eigenvalue weighted by Crippen LogP contribution is -2.41. The highest BCUT2D eigenvalue weighted by molar-refractivity contribution is 5.81. The zero-order chi connectivity index (χ0) is 13.6. The minimum absolute atomic E-state index is 0.0957. The molecular weight excluding hydrogens is 254 g/mol. The number of benzene rings is 1. The van der Waals surface area contributed by atoms with Gasteiger partial charge in [-0.3, -0.25) is 4.68 Å². The van der Waals surface area contributed by atoms with E-state index < -0.39 is 0 Å². The zero-order valence-corrected chi connectivity index (χ0v) is 11.4. The minimum atomic E-state index is -0.0957. The van der Waals surface area contributed by atoms with E-state index >= 15 is 0 Å². The normalized spacial score (nSPS) is 30.3. The van der Waals surface area contributed by atoms with E-state index in [1.807, 2.05) is 24.4 Å². The Balaban J connectivity index is 1.70. The third-order valence-corrected chi connectivity index (χ3v) is 4.50. The number of nitrogen functional groups attached to an aromatic ring is 1. The van der Waals surface area contributed by atoms with Crippen LogP contribution >= 0.6 is 0 Å². The number of anilines is 1. The Hall–Kier alpha value is -1.59. The van der Waals surface area contributed by atoms with Crippen molar-refractivity contribution in [2.45, 2.75) is 30.9 Å². The van der Waals surface area contributed by atoms with Gasteiger partial charge >= 0.3 is 0 Å². The van der Waals surface area contributed by atoms with Gasteiger partial charge in [0.1, 0.15) is 0 Å². The van der Waals surface area contributed by atoms with Gasteiger partial charge < -0.3 is 15.2 Å². The predicted molar refractivity (Wildman–Crippen MR) is 76.5 cm³/mol. The van der Waals surface area contributed by atoms with Crippen molar-refractivity contribution in [3.63, 3.8) is 0 Å². The molecule has 1 spiro atoms. The molecule has 5 heteroatoms. The fourth-order valence-corrected chi connectivity index (χ4v) is 3.42. The minimum Gasteiger partial charge on any atom is -0.399 e. The van der Waals surface area contributed by atoms with Gasteiger partial charge in [0.15, 0.2) is 0 Å². The van der Waals surface area contributed by atoms with Gasteiger partial charge in [0.2, 0.25) is 0 Å². The topological polar surface area (TPSA) is 62.3 Å². The van der Waals surface area contributed by atoms with Crippen LogP contribution in [0.1, 0.15) is 25.3 Å². The third kappa shape index (κ3) is 1.89. The van der Waals surface area contributed by atoms with Gasteiger partial charge in [-0.1, -0.05) is 0 Å². The molecule has 1 aromatic carbocycles. The predicted octanol–water partition coefficient (Wildman–Crippen LogP) is 2.13. The van der Waals surface area contributed by atoms with Crippen LogP contribution < -0.4 is 5.73 Å². The van der Waals surface area contributed by atoms with Gasteiger partial charge in [-0.15, -0.1) is 0 Å². The SMILES string of the molecule is Nc1ccc2cnn(C3CCOC4(CCOC4)C3)c2c1. The molecule has 2 aromatic rings. The average molecular weight is 273 g/mol. The summed E-state index contributed by atoms with van der Waals surface area (Å²) in [5.41, 5.74) is 7.71. The summed E-state index contributed by atoms with van der Waals surface area (Å²) in [6.07, 6.45) is 4.87. The molecule has 0 saturated carbocycles. The highest BCUT2D eigenvalue weighted by Crippen LogP contribution is 2.38. The molecule has 0 aliphatic carbocycles. The van der Waals surface area contributed by atoms with Crippen LogP contribution in [-0.2, 0) is 9.47 Å². The van der Waals surface area contributed by atoms with Gasteiger partial charge in [-0.2, -0.15) is 5.10 Å². The number of ether oxygens (including phenoxy) is 2. The van der Waals surface area contributed by atoms with Crippen molar-refractivity contribution in [1.82, 2.24) is 9.78 Å². The van der Waals surface area contributed by atoms with Crippen LogP contribution in [0.4, 0.5) is 5.69 Å². The summed E-state index contributed by atoms with van der Waals surface area (Å²) < 4.78 is 13.7. The smallest absolute Gasteiger partial charge is 0.0957 e. The highest BCUT2D eigenvalue weighted by atomic mass is 16.6. The Morgan fingerprint density at radius 3 is 3.15 bits per heavy atom. The maximum atomic E-state index is 6.00. The van der Waals surface area contributed by atoms with Gasteiger partial charge in [0.25, 0.3) is 0 Å². The average Bonchev–Trinajstić information content (AvgIpc) is 3.06. The molecule has 2 saturated heterocycles. The highest BCUT2D eigenvalue weighted by Gasteiger charge is 2.41. The van der Waals surface area contributed by atoms with Crippen LogP contribution in [0.2, 0.25) is 0 Å². The molecule has 5 nitrogen and oxygen atoms in total. The van der Waals surface area contributed by atoms with Crippen molar-refractivity contribution in [3.8, 4) is 0 Å². The third-order valence-electron chi connectivity index (χ3n) is 4.50. The van der Waals surface area contributed by atoms with Gasteiger partial charge in [0.05, 0.1) is 30.0 Å². The molecule has 0 radical (unpaired) electrons. The maximum absolute atomic E-state index is 6.00. The van der Waals surface area contributed by atoms with E-state index in [9.17, 15) is 0 Å². The first-order valence-corrected chi connectivity index (χ1v) is 7.20. The molecule has 2 aliphatic rings. The largest absolute Gasteiger partial charge is 0.399 e. The molecule has 3 heterocycles. The Labute approximate surface area is 117 Å². The van der Waals surface area contributed by atoms with E-state index in [0.717, 1.165) is 49.1 Å². The Kier molecular flexibility index (Phi) is 2.72. The molecule has 2 aliphatic heterocycles. The van der Waals surface area contributed by atoms with Crippen LogP contribution in [0.5, 0.6) is 0 Å². The summed E-state index contributed by atoms with van der Waals surface area (Å²) in [4.78, 5) is 0. The molecule has 4 rings (SSSR count). The van der Waals surface area contributed by atoms with Crippen molar-refractivity contribution in [2.24, 2.45) is 0 Å². The van der Waals surface area contributed by atoms with Crippen LogP contribution in [0.25, 0.3) is 10.9 Å². The van der Waals surface area contributed by atoms with E-state index in [-0.39, 0.29) is 5.60 Å². The van der Waals surface area contributed by atoms with Crippen molar-refractivity contribution in [2.75, 3.05) is 25.6 Å². The second kappa shape index (κ2) is 4.46. The maximum Gasteiger partial charge on any atom is 0.0957 e. The molecule has 2 N–H and O–H groups in total. The summed E-state index contributed by atoms with van der Waals surface area (Å²) >= 11 is 0. The first-order valence-electron chi connectivity index (χ1n) is 7.20. The lowest BCUT2D eigenvalue weighted by atomic mass is 9.89. The van der Waals surface area contributed by atoms with E-state index in [4.69, 9.17) is 15.2 Å². The van der Waals surface area contributed by atoms with Gasteiger partial charge in [-0.05, 0) is 24.6 Å². The Morgan fingerprint density at radius 2 is 2.30 bits per heavy atom. The van der Waals surface area contributed by atoms with Crippen LogP contribution in [0.15, 0.2) is 24.4 Å². The summed E-state index contributed by atoms with van der Waals surface area (Å²) in [5.74, 6) is 0. The van der Waals surface area contributed by atoms with Crippen LogP contribution in [0, 0.1) is 0 Å². The summed E-state index contributed by atoms with van der Waals surface area (Å²) in [6, 6.07) is 6.33. The fraction of sp³-hybridized carbons (Fsp3) is 0.533. The number of fused-ring (bicyclic) bond motifs is 1. The summed E-state index contributed by atoms with van der Waals surface area (Å²) in [5, 5.41) is 5.72. The molecule has 2 atom stereocenters. The Morgan fingerprint density at radius 1 is 1.35 bits per heavy atom. The molecule has 1 aromatic heterocycles. The number of nitrogens with zero attached hydrogens (tertiary/aromatic N) is 2. The quantitative estimate of drug-likeness (QED) is 0.808. The first-order chi connectivity index (χ1) is 9.76. The van der Waals surface area contributed by atoms with E-state index in [0.29, 0.717) is 12.6 Å². The number of aromatic nitrogens is 2. The summed E-state index contributed by atoms with van der Waals surface area (Å²) in [7, 11) is 0. The standard InChI is InChI=1S/C15H19N3O2/c16-12-2-1-11-9-17-18(14(11)7-12)13-3-5-20-15(8-13)4-6-19-10-15/h1-2,7,9,13H,3-6,8,10,16H2. The number of hydrogen-bond acceptors (Lipinski definition) is 4. The second-order valence-corrected chi connectivity index (χ2v) is 5.89. The fourth-order valence-electron chi connectivity index (χ4n) is 3.42. The van der Waals surface area contributed by atoms with E-state index in [2.05, 4.69) is 9.78 Å². The molecule has 0 amide bonds. The number of nitrogens with two attached hydrogens (primary N) is 1. The van der Waals surface area contributed by atoms with Crippen molar-refractivity contribution < 1.29 is 9.47 Å². The zero-order valence-electron chi connectivity index (χ0n) is 11.4. The van der Waals surface area contributed by atoms with Crippen LogP contribution in [0.3, 0.4) is 0 Å². The summed E-state index contributed by atoms with van der Waals surface area (Å²) in [6.45, 7) is 2.29. The lowest BCUT2D eigenvalue weighted by Gasteiger charge is -2.37. The van der Waals surface area contributed by atoms with Crippen molar-refractivity contribution in [3.05, 3.63) is 24.4 Å². The van der Waals surface area contributed by atoms with E-state index in [1.165, 1.54) is 0 Å². The Bertz CT molecular complexity index is 631. The van der Waals surface area contributed by atoms with Crippen LogP contribution in [-0.4, -0.2) is 35.2 Å².